The highest BCUT2D eigenvalue weighted by Gasteiger charge is 2.21. The third-order valence-corrected chi connectivity index (χ3v) is 4.82. The van der Waals surface area contributed by atoms with Crippen molar-refractivity contribution >= 4 is 17.5 Å². The van der Waals surface area contributed by atoms with Crippen molar-refractivity contribution < 1.29 is 9.59 Å². The maximum Gasteiger partial charge on any atom is 0.251 e. The molecule has 2 aromatic carbocycles. The standard InChI is InChI=1S/C23H28N2O2/c1-15(2)12-22(26)25-20-11-4-16(3)21(13-20)18-7-9-19(10-8-18)23(27)24-14-17-5-6-17/h4,7-11,13,15,17H,5-6,12,14H2,1-3H3,(H,24,27)(H,25,26). The summed E-state index contributed by atoms with van der Waals surface area (Å²) >= 11 is 0. The molecule has 1 fully saturated rings. The fraction of sp³-hybridized carbons (Fsp3) is 0.391. The number of amides is 2. The summed E-state index contributed by atoms with van der Waals surface area (Å²) in [5.74, 6) is 1.01. The molecule has 0 radical (unpaired) electrons. The molecule has 1 aliphatic rings. The molecule has 0 aromatic heterocycles. The molecule has 0 saturated heterocycles. The van der Waals surface area contributed by atoms with Crippen molar-refractivity contribution in [1.82, 2.24) is 5.32 Å². The topological polar surface area (TPSA) is 58.2 Å². The Kier molecular flexibility index (Phi) is 5.94. The van der Waals surface area contributed by atoms with Crippen LogP contribution < -0.4 is 10.6 Å². The van der Waals surface area contributed by atoms with E-state index in [2.05, 4.69) is 10.6 Å². The van der Waals surface area contributed by atoms with Crippen molar-refractivity contribution in [2.45, 2.75) is 40.0 Å². The summed E-state index contributed by atoms with van der Waals surface area (Å²) in [5.41, 5.74) is 4.70. The molecule has 2 N–H and O–H groups in total. The molecule has 0 heterocycles. The average molecular weight is 364 g/mol. The summed E-state index contributed by atoms with van der Waals surface area (Å²) in [6.07, 6.45) is 2.96. The highest BCUT2D eigenvalue weighted by Crippen LogP contribution is 2.28. The molecule has 0 unspecified atom stereocenters. The van der Waals surface area contributed by atoms with Crippen LogP contribution in [0.4, 0.5) is 5.69 Å². The summed E-state index contributed by atoms with van der Waals surface area (Å²) in [7, 11) is 0. The summed E-state index contributed by atoms with van der Waals surface area (Å²) in [5, 5.41) is 5.96. The van der Waals surface area contributed by atoms with Crippen molar-refractivity contribution in [3.8, 4) is 11.1 Å². The van der Waals surface area contributed by atoms with Crippen LogP contribution in [0.25, 0.3) is 11.1 Å². The Morgan fingerprint density at radius 1 is 1.07 bits per heavy atom. The predicted molar refractivity (Wildman–Crippen MR) is 110 cm³/mol. The third-order valence-electron chi connectivity index (χ3n) is 4.82. The van der Waals surface area contributed by atoms with Gasteiger partial charge in [-0.05, 0) is 72.6 Å². The van der Waals surface area contributed by atoms with Gasteiger partial charge in [-0.25, -0.2) is 0 Å². The number of hydrogen-bond acceptors (Lipinski definition) is 2. The van der Waals surface area contributed by atoms with Crippen molar-refractivity contribution in [2.24, 2.45) is 11.8 Å². The zero-order valence-corrected chi connectivity index (χ0v) is 16.3. The molecule has 0 spiro atoms. The molecular formula is C23H28N2O2. The Hall–Kier alpha value is -2.62. The molecule has 1 aliphatic carbocycles. The lowest BCUT2D eigenvalue weighted by atomic mass is 9.98. The number of hydrogen-bond donors (Lipinski definition) is 2. The summed E-state index contributed by atoms with van der Waals surface area (Å²) in [4.78, 5) is 24.2. The van der Waals surface area contributed by atoms with Gasteiger partial charge in [0.15, 0.2) is 0 Å². The zero-order valence-electron chi connectivity index (χ0n) is 16.3. The molecule has 27 heavy (non-hydrogen) atoms. The number of benzene rings is 2. The Bertz CT molecular complexity index is 821. The van der Waals surface area contributed by atoms with Crippen LogP contribution in [0.15, 0.2) is 42.5 Å². The molecule has 0 bridgehead atoms. The first-order valence-corrected chi connectivity index (χ1v) is 9.71. The van der Waals surface area contributed by atoms with E-state index in [0.29, 0.717) is 23.8 Å². The minimum atomic E-state index is -0.0140. The molecule has 2 aromatic rings. The molecule has 3 rings (SSSR count). The predicted octanol–water partition coefficient (Wildman–Crippen LogP) is 4.79. The van der Waals surface area contributed by atoms with Gasteiger partial charge in [0.1, 0.15) is 0 Å². The van der Waals surface area contributed by atoms with E-state index in [-0.39, 0.29) is 11.8 Å². The van der Waals surface area contributed by atoms with Crippen molar-refractivity contribution in [1.29, 1.82) is 0 Å². The second-order valence-corrected chi connectivity index (χ2v) is 7.91. The molecule has 0 atom stereocenters. The van der Waals surface area contributed by atoms with Gasteiger partial charge >= 0.3 is 0 Å². The average Bonchev–Trinajstić information content (AvgIpc) is 3.45. The van der Waals surface area contributed by atoms with Crippen LogP contribution in [-0.4, -0.2) is 18.4 Å². The minimum Gasteiger partial charge on any atom is -0.352 e. The van der Waals surface area contributed by atoms with Crippen molar-refractivity contribution in [3.05, 3.63) is 53.6 Å². The molecule has 4 heteroatoms. The highest BCUT2D eigenvalue weighted by atomic mass is 16.2. The van der Waals surface area contributed by atoms with E-state index in [1.807, 2.05) is 63.2 Å². The molecular weight excluding hydrogens is 336 g/mol. The lowest BCUT2D eigenvalue weighted by molar-refractivity contribution is -0.116. The van der Waals surface area contributed by atoms with Gasteiger partial charge < -0.3 is 10.6 Å². The Labute approximate surface area is 161 Å². The van der Waals surface area contributed by atoms with Crippen LogP contribution in [0.3, 0.4) is 0 Å². The molecule has 4 nitrogen and oxygen atoms in total. The third kappa shape index (κ3) is 5.43. The lowest BCUT2D eigenvalue weighted by Crippen LogP contribution is -2.25. The van der Waals surface area contributed by atoms with E-state index in [1.165, 1.54) is 12.8 Å². The van der Waals surface area contributed by atoms with Crippen molar-refractivity contribution in [2.75, 3.05) is 11.9 Å². The first-order chi connectivity index (χ1) is 12.9. The van der Waals surface area contributed by atoms with Gasteiger partial charge in [-0.15, -0.1) is 0 Å². The van der Waals surface area contributed by atoms with Gasteiger partial charge in [-0.3, -0.25) is 9.59 Å². The fourth-order valence-corrected chi connectivity index (χ4v) is 3.06. The van der Waals surface area contributed by atoms with Crippen LogP contribution in [0, 0.1) is 18.8 Å². The van der Waals surface area contributed by atoms with Crippen LogP contribution in [0.5, 0.6) is 0 Å². The highest BCUT2D eigenvalue weighted by molar-refractivity contribution is 5.95. The van der Waals surface area contributed by atoms with Crippen LogP contribution in [0.2, 0.25) is 0 Å². The molecule has 0 aliphatic heterocycles. The van der Waals surface area contributed by atoms with Crippen LogP contribution in [0.1, 0.15) is 49.0 Å². The van der Waals surface area contributed by atoms with Crippen LogP contribution in [-0.2, 0) is 4.79 Å². The monoisotopic (exact) mass is 364 g/mol. The second kappa shape index (κ2) is 8.38. The number of carbonyl (C=O) groups is 2. The number of aryl methyl sites for hydroxylation is 1. The Morgan fingerprint density at radius 2 is 1.78 bits per heavy atom. The van der Waals surface area contributed by atoms with Gasteiger partial charge in [0.2, 0.25) is 5.91 Å². The van der Waals surface area contributed by atoms with E-state index in [0.717, 1.165) is 28.9 Å². The fourth-order valence-electron chi connectivity index (χ4n) is 3.06. The van der Waals surface area contributed by atoms with E-state index in [1.54, 1.807) is 0 Å². The van der Waals surface area contributed by atoms with Crippen molar-refractivity contribution in [3.63, 3.8) is 0 Å². The number of nitrogens with one attached hydrogen (secondary N) is 2. The summed E-state index contributed by atoms with van der Waals surface area (Å²) in [6, 6.07) is 13.6. The SMILES string of the molecule is Cc1ccc(NC(=O)CC(C)C)cc1-c1ccc(C(=O)NCC2CC2)cc1. The first-order valence-electron chi connectivity index (χ1n) is 9.71. The van der Waals surface area contributed by atoms with E-state index in [4.69, 9.17) is 0 Å². The van der Waals surface area contributed by atoms with E-state index in [9.17, 15) is 9.59 Å². The maximum absolute atomic E-state index is 12.2. The van der Waals surface area contributed by atoms with Crippen LogP contribution >= 0.6 is 0 Å². The molecule has 142 valence electrons. The molecule has 2 amide bonds. The number of carbonyl (C=O) groups excluding carboxylic acids is 2. The zero-order chi connectivity index (χ0) is 19.4. The van der Waals surface area contributed by atoms with Gasteiger partial charge in [0.25, 0.3) is 5.91 Å². The minimum absolute atomic E-state index is 0.0140. The summed E-state index contributed by atoms with van der Waals surface area (Å²) in [6.45, 7) is 6.88. The summed E-state index contributed by atoms with van der Waals surface area (Å²) < 4.78 is 0. The number of rotatable bonds is 7. The maximum atomic E-state index is 12.2. The molecule has 1 saturated carbocycles. The smallest absolute Gasteiger partial charge is 0.251 e. The van der Waals surface area contributed by atoms with E-state index < -0.39 is 0 Å². The quantitative estimate of drug-likeness (QED) is 0.742. The number of anilines is 1. The Morgan fingerprint density at radius 3 is 2.41 bits per heavy atom. The van der Waals surface area contributed by atoms with E-state index >= 15 is 0 Å². The second-order valence-electron chi connectivity index (χ2n) is 7.91. The normalized spacial score (nSPS) is 13.5. The van der Waals surface area contributed by atoms with Gasteiger partial charge in [0, 0.05) is 24.2 Å². The van der Waals surface area contributed by atoms with Gasteiger partial charge in [0.05, 0.1) is 0 Å². The van der Waals surface area contributed by atoms with Gasteiger partial charge in [-0.2, -0.15) is 0 Å². The Balaban J connectivity index is 1.71. The first kappa shape index (κ1) is 19.2. The van der Waals surface area contributed by atoms with Gasteiger partial charge in [-0.1, -0.05) is 32.0 Å². The lowest BCUT2D eigenvalue weighted by Gasteiger charge is -2.12. The largest absolute Gasteiger partial charge is 0.352 e.